The number of amides is 3. The SMILES string of the molecule is O=C(CSc1nc(-c2cccs2)c2c(n1)-c1ccccc1CC2)NN1C(=O)c2ccccc2C1=O. The van der Waals surface area contributed by atoms with Crippen molar-refractivity contribution in [1.82, 2.24) is 20.4 Å². The van der Waals surface area contributed by atoms with Crippen LogP contribution in [-0.2, 0) is 17.6 Å². The van der Waals surface area contributed by atoms with Gasteiger partial charge in [-0.25, -0.2) is 9.97 Å². The minimum Gasteiger partial charge on any atom is -0.272 e. The summed E-state index contributed by atoms with van der Waals surface area (Å²) in [4.78, 5) is 48.4. The molecule has 0 unspecified atom stereocenters. The van der Waals surface area contributed by atoms with Crippen LogP contribution in [0, 0.1) is 0 Å². The van der Waals surface area contributed by atoms with Gasteiger partial charge >= 0.3 is 0 Å². The summed E-state index contributed by atoms with van der Waals surface area (Å²) < 4.78 is 0. The third kappa shape index (κ3) is 3.82. The number of aromatic nitrogens is 2. The molecule has 7 nitrogen and oxygen atoms in total. The van der Waals surface area contributed by atoms with Crippen molar-refractivity contribution >= 4 is 40.8 Å². The van der Waals surface area contributed by atoms with Crippen molar-refractivity contribution in [3.8, 4) is 21.8 Å². The zero-order valence-corrected chi connectivity index (χ0v) is 20.0. The summed E-state index contributed by atoms with van der Waals surface area (Å²) in [6.07, 6.45) is 1.78. The lowest BCUT2D eigenvalue weighted by molar-refractivity contribution is -0.121. The highest BCUT2D eigenvalue weighted by molar-refractivity contribution is 7.99. The van der Waals surface area contributed by atoms with Gasteiger partial charge in [-0.2, -0.15) is 5.01 Å². The second-order valence-electron chi connectivity index (χ2n) is 8.13. The summed E-state index contributed by atoms with van der Waals surface area (Å²) in [5, 5.41) is 3.26. The lowest BCUT2D eigenvalue weighted by atomic mass is 9.88. The Hall–Kier alpha value is -3.82. The number of nitrogens with one attached hydrogen (secondary N) is 1. The molecule has 2 aromatic heterocycles. The maximum Gasteiger partial charge on any atom is 0.280 e. The standard InChI is InChI=1S/C26H18N4O3S2/c31-21(29-30-24(32)17-8-3-4-9-18(17)25(30)33)14-35-26-27-22-16-7-2-1-6-15(16)11-12-19(22)23(28-26)20-10-5-13-34-20/h1-10,13H,11-12,14H2,(H,29,31). The lowest BCUT2D eigenvalue weighted by Gasteiger charge is -2.21. The molecule has 4 aromatic rings. The van der Waals surface area contributed by atoms with Crippen LogP contribution in [0.2, 0.25) is 0 Å². The van der Waals surface area contributed by atoms with Crippen LogP contribution in [0.4, 0.5) is 0 Å². The van der Waals surface area contributed by atoms with Gasteiger partial charge in [0.25, 0.3) is 11.8 Å². The van der Waals surface area contributed by atoms with E-state index in [1.807, 2.05) is 29.6 Å². The molecule has 0 radical (unpaired) electrons. The fourth-order valence-electron chi connectivity index (χ4n) is 4.41. The summed E-state index contributed by atoms with van der Waals surface area (Å²) in [6, 6.07) is 18.8. The predicted molar refractivity (Wildman–Crippen MR) is 134 cm³/mol. The van der Waals surface area contributed by atoms with Gasteiger partial charge in [0.1, 0.15) is 0 Å². The number of carbonyl (C=O) groups is 3. The molecule has 1 aliphatic carbocycles. The summed E-state index contributed by atoms with van der Waals surface area (Å²) in [7, 11) is 0. The van der Waals surface area contributed by atoms with Crippen molar-refractivity contribution in [3.63, 3.8) is 0 Å². The highest BCUT2D eigenvalue weighted by Crippen LogP contribution is 2.39. The molecule has 0 fully saturated rings. The van der Waals surface area contributed by atoms with E-state index in [1.54, 1.807) is 35.6 Å². The third-order valence-electron chi connectivity index (χ3n) is 6.02. The van der Waals surface area contributed by atoms with E-state index in [-0.39, 0.29) is 16.9 Å². The van der Waals surface area contributed by atoms with E-state index >= 15 is 0 Å². The van der Waals surface area contributed by atoms with Gasteiger partial charge in [-0.15, -0.1) is 11.3 Å². The molecule has 172 valence electrons. The van der Waals surface area contributed by atoms with Crippen LogP contribution >= 0.6 is 23.1 Å². The summed E-state index contributed by atoms with van der Waals surface area (Å²) in [5.74, 6) is -1.60. The van der Waals surface area contributed by atoms with Gasteiger partial charge in [0.15, 0.2) is 5.16 Å². The summed E-state index contributed by atoms with van der Waals surface area (Å²) in [5.41, 5.74) is 8.24. The molecule has 1 N–H and O–H groups in total. The number of fused-ring (bicyclic) bond motifs is 4. The van der Waals surface area contributed by atoms with Crippen LogP contribution in [-0.4, -0.2) is 38.5 Å². The fourth-order valence-corrected chi connectivity index (χ4v) is 5.79. The third-order valence-corrected chi connectivity index (χ3v) is 7.74. The Kier molecular flexibility index (Phi) is 5.43. The Morgan fingerprint density at radius 1 is 0.886 bits per heavy atom. The number of thiophene rings is 1. The van der Waals surface area contributed by atoms with E-state index in [1.165, 1.54) is 17.3 Å². The smallest absolute Gasteiger partial charge is 0.272 e. The quantitative estimate of drug-likeness (QED) is 0.249. The average Bonchev–Trinajstić information content (AvgIpc) is 3.51. The van der Waals surface area contributed by atoms with Crippen LogP contribution in [0.25, 0.3) is 21.8 Å². The molecule has 2 aromatic carbocycles. The van der Waals surface area contributed by atoms with Gasteiger partial charge in [-0.1, -0.05) is 54.2 Å². The van der Waals surface area contributed by atoms with Crippen molar-refractivity contribution in [2.24, 2.45) is 0 Å². The second-order valence-corrected chi connectivity index (χ2v) is 10.0. The highest BCUT2D eigenvalue weighted by Gasteiger charge is 2.36. The minimum absolute atomic E-state index is 0.0439. The molecule has 3 amide bonds. The van der Waals surface area contributed by atoms with Crippen molar-refractivity contribution < 1.29 is 14.4 Å². The zero-order valence-electron chi connectivity index (χ0n) is 18.4. The van der Waals surface area contributed by atoms with Crippen LogP contribution in [0.5, 0.6) is 0 Å². The van der Waals surface area contributed by atoms with E-state index in [9.17, 15) is 14.4 Å². The number of hydrazine groups is 1. The number of benzene rings is 2. The number of hydrogen-bond acceptors (Lipinski definition) is 7. The Morgan fingerprint density at radius 3 is 2.29 bits per heavy atom. The average molecular weight is 499 g/mol. The van der Waals surface area contributed by atoms with Gasteiger partial charge in [0.05, 0.1) is 33.1 Å². The van der Waals surface area contributed by atoms with E-state index in [0.717, 1.165) is 45.2 Å². The molecule has 9 heteroatoms. The Balaban J connectivity index is 1.25. The largest absolute Gasteiger partial charge is 0.280 e. The maximum absolute atomic E-state index is 12.7. The number of thioether (sulfide) groups is 1. The van der Waals surface area contributed by atoms with Crippen LogP contribution in [0.3, 0.4) is 0 Å². The van der Waals surface area contributed by atoms with E-state index in [0.29, 0.717) is 5.16 Å². The molecule has 0 saturated carbocycles. The highest BCUT2D eigenvalue weighted by atomic mass is 32.2. The Morgan fingerprint density at radius 2 is 1.57 bits per heavy atom. The van der Waals surface area contributed by atoms with Crippen molar-refractivity contribution in [3.05, 3.63) is 88.3 Å². The normalized spacial score (nSPS) is 13.9. The second kappa shape index (κ2) is 8.75. The topological polar surface area (TPSA) is 92.3 Å². The van der Waals surface area contributed by atoms with Gasteiger partial charge in [-0.05, 0) is 42.0 Å². The summed E-state index contributed by atoms with van der Waals surface area (Å²) in [6.45, 7) is 0. The molecule has 3 heterocycles. The van der Waals surface area contributed by atoms with E-state index < -0.39 is 17.7 Å². The lowest BCUT2D eigenvalue weighted by Crippen LogP contribution is -2.46. The molecule has 0 saturated heterocycles. The van der Waals surface area contributed by atoms with Crippen LogP contribution in [0.1, 0.15) is 31.8 Å². The molecule has 2 aliphatic rings. The fraction of sp³-hybridized carbons (Fsp3) is 0.115. The molecule has 6 rings (SSSR count). The van der Waals surface area contributed by atoms with Crippen molar-refractivity contribution in [2.45, 2.75) is 18.0 Å². The Bertz CT molecular complexity index is 1470. The molecular weight excluding hydrogens is 480 g/mol. The first-order valence-corrected chi connectivity index (χ1v) is 12.9. The molecule has 1 aliphatic heterocycles. The van der Waals surface area contributed by atoms with Crippen LogP contribution < -0.4 is 5.43 Å². The van der Waals surface area contributed by atoms with E-state index in [4.69, 9.17) is 9.97 Å². The predicted octanol–water partition coefficient (Wildman–Crippen LogP) is 4.39. The van der Waals surface area contributed by atoms with Crippen LogP contribution in [0.15, 0.2) is 71.2 Å². The van der Waals surface area contributed by atoms with Gasteiger partial charge < -0.3 is 0 Å². The van der Waals surface area contributed by atoms with Crippen molar-refractivity contribution in [2.75, 3.05) is 5.75 Å². The Labute approximate surface area is 209 Å². The molecule has 35 heavy (non-hydrogen) atoms. The molecule has 0 spiro atoms. The van der Waals surface area contributed by atoms with Gasteiger partial charge in [0.2, 0.25) is 5.91 Å². The summed E-state index contributed by atoms with van der Waals surface area (Å²) >= 11 is 2.80. The first-order chi connectivity index (χ1) is 17.1. The molecule has 0 atom stereocenters. The first-order valence-electron chi connectivity index (χ1n) is 11.0. The van der Waals surface area contributed by atoms with Gasteiger partial charge in [0, 0.05) is 11.1 Å². The monoisotopic (exact) mass is 498 g/mol. The maximum atomic E-state index is 12.7. The van der Waals surface area contributed by atoms with E-state index in [2.05, 4.69) is 17.6 Å². The number of nitrogens with zero attached hydrogens (tertiary/aromatic N) is 3. The minimum atomic E-state index is -0.537. The first kappa shape index (κ1) is 21.7. The molecular formula is C26H18N4O3S2. The van der Waals surface area contributed by atoms with Crippen molar-refractivity contribution in [1.29, 1.82) is 0 Å². The number of carbonyl (C=O) groups excluding carboxylic acids is 3. The number of imide groups is 1. The number of hydrogen-bond donors (Lipinski definition) is 1. The number of aryl methyl sites for hydroxylation is 1. The van der Waals surface area contributed by atoms with Gasteiger partial charge in [-0.3, -0.25) is 19.8 Å². The molecule has 0 bridgehead atoms. The number of rotatable bonds is 5. The zero-order chi connectivity index (χ0) is 23.9.